The molecule has 0 spiro atoms. The quantitative estimate of drug-likeness (QED) is 0.592. The number of aliphatic hydroxyl groups excluding tert-OH is 2. The molecule has 0 aromatic carbocycles. The second-order valence-corrected chi connectivity index (χ2v) is 5.12. The van der Waals surface area contributed by atoms with Crippen molar-refractivity contribution in [3.63, 3.8) is 0 Å². The first-order valence-electron chi connectivity index (χ1n) is 6.89. The van der Waals surface area contributed by atoms with Gasteiger partial charge in [0, 0.05) is 19.5 Å². The molecule has 0 aromatic rings. The Morgan fingerprint density at radius 3 is 2.56 bits per heavy atom. The van der Waals surface area contributed by atoms with E-state index in [4.69, 9.17) is 10.2 Å². The standard InChI is InChI=1S/C13H26N2O3/c1-11(12-3-2-4-14-10-12)9-13(18)15(5-7-16)6-8-17/h11-12,14,16-17H,2-10H2,1H3. The number of carbonyl (C=O) groups excluding carboxylic acids is 1. The summed E-state index contributed by atoms with van der Waals surface area (Å²) in [5.41, 5.74) is 0. The monoisotopic (exact) mass is 258 g/mol. The van der Waals surface area contributed by atoms with Crippen molar-refractivity contribution >= 4 is 5.91 Å². The average molecular weight is 258 g/mol. The summed E-state index contributed by atoms with van der Waals surface area (Å²) in [6.45, 7) is 4.72. The molecule has 18 heavy (non-hydrogen) atoms. The maximum Gasteiger partial charge on any atom is 0.223 e. The van der Waals surface area contributed by atoms with Crippen molar-refractivity contribution in [3.8, 4) is 0 Å². The normalized spacial score (nSPS) is 21.6. The minimum atomic E-state index is -0.0505. The van der Waals surface area contributed by atoms with Crippen molar-refractivity contribution in [3.05, 3.63) is 0 Å². The third-order valence-electron chi connectivity index (χ3n) is 3.73. The van der Waals surface area contributed by atoms with E-state index in [0.717, 1.165) is 13.1 Å². The number of hydrogen-bond donors (Lipinski definition) is 3. The Morgan fingerprint density at radius 2 is 2.06 bits per heavy atom. The Kier molecular flexibility index (Phi) is 7.23. The first-order valence-corrected chi connectivity index (χ1v) is 6.89. The highest BCUT2D eigenvalue weighted by Gasteiger charge is 2.24. The topological polar surface area (TPSA) is 72.8 Å². The van der Waals surface area contributed by atoms with Gasteiger partial charge in [0.05, 0.1) is 13.2 Å². The number of aliphatic hydroxyl groups is 2. The van der Waals surface area contributed by atoms with Gasteiger partial charge in [0.1, 0.15) is 0 Å². The molecule has 2 atom stereocenters. The molecule has 0 bridgehead atoms. The third-order valence-corrected chi connectivity index (χ3v) is 3.73. The fraction of sp³-hybridized carbons (Fsp3) is 0.923. The largest absolute Gasteiger partial charge is 0.395 e. The maximum absolute atomic E-state index is 12.1. The summed E-state index contributed by atoms with van der Waals surface area (Å²) < 4.78 is 0. The lowest BCUT2D eigenvalue weighted by Gasteiger charge is -2.30. The van der Waals surface area contributed by atoms with Crippen molar-refractivity contribution < 1.29 is 15.0 Å². The zero-order valence-electron chi connectivity index (χ0n) is 11.3. The molecule has 1 heterocycles. The lowest BCUT2D eigenvalue weighted by Crippen LogP contribution is -2.39. The zero-order valence-corrected chi connectivity index (χ0v) is 11.3. The molecule has 2 unspecified atom stereocenters. The van der Waals surface area contributed by atoms with Gasteiger partial charge >= 0.3 is 0 Å². The molecule has 1 aliphatic heterocycles. The van der Waals surface area contributed by atoms with Crippen molar-refractivity contribution in [1.82, 2.24) is 10.2 Å². The van der Waals surface area contributed by atoms with Gasteiger partial charge in [-0.3, -0.25) is 4.79 Å². The van der Waals surface area contributed by atoms with Crippen LogP contribution in [0.25, 0.3) is 0 Å². The summed E-state index contributed by atoms with van der Waals surface area (Å²) in [5.74, 6) is 0.953. The summed E-state index contributed by atoms with van der Waals surface area (Å²) in [5, 5.41) is 21.2. The third kappa shape index (κ3) is 4.92. The fourth-order valence-electron chi connectivity index (χ4n) is 2.54. The number of carbonyl (C=O) groups is 1. The number of rotatable bonds is 7. The van der Waals surface area contributed by atoms with Gasteiger partial charge in [-0.15, -0.1) is 0 Å². The van der Waals surface area contributed by atoms with Crippen LogP contribution in [0.3, 0.4) is 0 Å². The van der Waals surface area contributed by atoms with E-state index >= 15 is 0 Å². The minimum Gasteiger partial charge on any atom is -0.395 e. The molecule has 1 saturated heterocycles. The molecule has 5 nitrogen and oxygen atoms in total. The van der Waals surface area contributed by atoms with Crippen LogP contribution in [0.5, 0.6) is 0 Å². The Labute approximate surface area is 109 Å². The Hall–Kier alpha value is -0.650. The van der Waals surface area contributed by atoms with Crippen LogP contribution >= 0.6 is 0 Å². The smallest absolute Gasteiger partial charge is 0.223 e. The first kappa shape index (κ1) is 15.4. The highest BCUT2D eigenvalue weighted by Crippen LogP contribution is 2.23. The van der Waals surface area contributed by atoms with Crippen LogP contribution in [0.4, 0.5) is 0 Å². The summed E-state index contributed by atoms with van der Waals surface area (Å²) >= 11 is 0. The van der Waals surface area contributed by atoms with Crippen LogP contribution in [-0.2, 0) is 4.79 Å². The molecule has 106 valence electrons. The summed E-state index contributed by atoms with van der Waals surface area (Å²) in [6.07, 6.45) is 2.87. The van der Waals surface area contributed by atoms with E-state index in [1.807, 2.05) is 0 Å². The van der Waals surface area contributed by atoms with Crippen LogP contribution in [-0.4, -0.2) is 60.4 Å². The first-order chi connectivity index (χ1) is 8.69. The van der Waals surface area contributed by atoms with Gasteiger partial charge < -0.3 is 20.4 Å². The summed E-state index contributed by atoms with van der Waals surface area (Å²) in [4.78, 5) is 13.6. The van der Waals surface area contributed by atoms with Crippen molar-refractivity contribution in [2.45, 2.75) is 26.2 Å². The highest BCUT2D eigenvalue weighted by molar-refractivity contribution is 5.76. The molecule has 5 heteroatoms. The van der Waals surface area contributed by atoms with Gasteiger partial charge in [-0.05, 0) is 37.8 Å². The van der Waals surface area contributed by atoms with E-state index in [2.05, 4.69) is 12.2 Å². The van der Waals surface area contributed by atoms with Crippen LogP contribution in [0, 0.1) is 11.8 Å². The molecule has 1 rings (SSSR count). The van der Waals surface area contributed by atoms with Gasteiger partial charge in [-0.25, -0.2) is 0 Å². The van der Waals surface area contributed by atoms with Crippen LogP contribution in [0.1, 0.15) is 26.2 Å². The number of hydrogen-bond acceptors (Lipinski definition) is 4. The highest BCUT2D eigenvalue weighted by atomic mass is 16.3. The Balaban J connectivity index is 2.40. The Morgan fingerprint density at radius 1 is 1.39 bits per heavy atom. The molecule has 0 aliphatic carbocycles. The SMILES string of the molecule is CC(CC(=O)N(CCO)CCO)C1CCCNC1. The minimum absolute atomic E-state index is 0.0381. The van der Waals surface area contributed by atoms with E-state index in [0.29, 0.717) is 31.3 Å². The maximum atomic E-state index is 12.1. The van der Waals surface area contributed by atoms with Gasteiger partial charge in [-0.1, -0.05) is 6.92 Å². The van der Waals surface area contributed by atoms with Crippen molar-refractivity contribution in [1.29, 1.82) is 0 Å². The van der Waals surface area contributed by atoms with E-state index in [-0.39, 0.29) is 19.1 Å². The van der Waals surface area contributed by atoms with Crippen molar-refractivity contribution in [2.75, 3.05) is 39.4 Å². The molecule has 0 saturated carbocycles. The molecule has 0 radical (unpaired) electrons. The van der Waals surface area contributed by atoms with E-state index in [1.165, 1.54) is 12.8 Å². The predicted molar refractivity (Wildman–Crippen MR) is 70.1 cm³/mol. The van der Waals surface area contributed by atoms with Crippen LogP contribution in [0.15, 0.2) is 0 Å². The molecule has 3 N–H and O–H groups in total. The van der Waals surface area contributed by atoms with Gasteiger partial charge in [0.15, 0.2) is 0 Å². The van der Waals surface area contributed by atoms with Gasteiger partial charge in [0.25, 0.3) is 0 Å². The zero-order chi connectivity index (χ0) is 13.4. The van der Waals surface area contributed by atoms with Crippen molar-refractivity contribution in [2.24, 2.45) is 11.8 Å². The summed E-state index contributed by atoms with van der Waals surface area (Å²) in [7, 11) is 0. The van der Waals surface area contributed by atoms with Gasteiger partial charge in [-0.2, -0.15) is 0 Å². The molecule has 0 aromatic heterocycles. The molecular weight excluding hydrogens is 232 g/mol. The molecule has 1 amide bonds. The number of piperidine rings is 1. The molecule has 1 fully saturated rings. The number of nitrogens with zero attached hydrogens (tertiary/aromatic N) is 1. The number of nitrogens with one attached hydrogen (secondary N) is 1. The lowest BCUT2D eigenvalue weighted by molar-refractivity contribution is -0.133. The second-order valence-electron chi connectivity index (χ2n) is 5.12. The predicted octanol–water partition coefficient (Wildman–Crippen LogP) is -0.175. The second kappa shape index (κ2) is 8.45. The van der Waals surface area contributed by atoms with E-state index < -0.39 is 0 Å². The molecule has 1 aliphatic rings. The van der Waals surface area contributed by atoms with Crippen LogP contribution in [0.2, 0.25) is 0 Å². The Bertz CT molecular complexity index is 236. The lowest BCUT2D eigenvalue weighted by atomic mass is 9.85. The van der Waals surface area contributed by atoms with E-state index in [9.17, 15) is 4.79 Å². The van der Waals surface area contributed by atoms with E-state index in [1.54, 1.807) is 4.90 Å². The van der Waals surface area contributed by atoms with Crippen LogP contribution < -0.4 is 5.32 Å². The fourth-order valence-corrected chi connectivity index (χ4v) is 2.54. The average Bonchev–Trinajstić information content (AvgIpc) is 2.39. The summed E-state index contributed by atoms with van der Waals surface area (Å²) in [6, 6.07) is 0. The molecular formula is C13H26N2O3. The van der Waals surface area contributed by atoms with Gasteiger partial charge in [0.2, 0.25) is 5.91 Å². The number of amides is 1.